The van der Waals surface area contributed by atoms with Crippen LogP contribution in [-0.2, 0) is 0 Å². The number of benzene rings is 1. The van der Waals surface area contributed by atoms with Gasteiger partial charge in [-0.1, -0.05) is 12.1 Å². The Bertz CT molecular complexity index is 584. The molecule has 86 valence electrons. The molecule has 4 nitrogen and oxygen atoms in total. The molecular formula is C13H13N3O. The number of anilines is 1. The summed E-state index contributed by atoms with van der Waals surface area (Å²) in [6.45, 7) is 1.83. The van der Waals surface area contributed by atoms with Crippen molar-refractivity contribution < 1.29 is 4.74 Å². The van der Waals surface area contributed by atoms with Crippen molar-refractivity contribution in [2.24, 2.45) is 0 Å². The van der Waals surface area contributed by atoms with Crippen LogP contribution < -0.4 is 9.64 Å². The van der Waals surface area contributed by atoms with Gasteiger partial charge in [-0.2, -0.15) is 0 Å². The van der Waals surface area contributed by atoms with E-state index < -0.39 is 0 Å². The Morgan fingerprint density at radius 3 is 2.88 bits per heavy atom. The van der Waals surface area contributed by atoms with Gasteiger partial charge >= 0.3 is 0 Å². The number of hydrogen-bond donors (Lipinski definition) is 0. The van der Waals surface area contributed by atoms with Crippen LogP contribution in [0.15, 0.2) is 24.3 Å². The van der Waals surface area contributed by atoms with Gasteiger partial charge in [0.15, 0.2) is 5.82 Å². The highest BCUT2D eigenvalue weighted by molar-refractivity contribution is 5.77. The predicted octanol–water partition coefficient (Wildman–Crippen LogP) is 1.99. The number of hydrogen-bond acceptors (Lipinski definition) is 4. The van der Waals surface area contributed by atoms with Gasteiger partial charge in [0, 0.05) is 6.54 Å². The molecule has 0 saturated carbocycles. The molecule has 17 heavy (non-hydrogen) atoms. The van der Waals surface area contributed by atoms with Gasteiger partial charge in [0.05, 0.1) is 17.1 Å². The molecule has 0 spiro atoms. The molecule has 1 aromatic heterocycles. The normalized spacial score (nSPS) is 22.1. The van der Waals surface area contributed by atoms with Crippen molar-refractivity contribution in [1.29, 1.82) is 0 Å². The second-order valence-corrected chi connectivity index (χ2v) is 4.64. The zero-order valence-corrected chi connectivity index (χ0v) is 9.47. The Morgan fingerprint density at radius 1 is 1.18 bits per heavy atom. The van der Waals surface area contributed by atoms with E-state index in [1.165, 1.54) is 12.8 Å². The fraction of sp³-hybridized carbons (Fsp3) is 0.385. The van der Waals surface area contributed by atoms with Crippen LogP contribution in [0.5, 0.6) is 5.88 Å². The molecule has 0 bridgehead atoms. The minimum Gasteiger partial charge on any atom is -0.473 e. The van der Waals surface area contributed by atoms with Crippen molar-refractivity contribution >= 4 is 16.9 Å². The quantitative estimate of drug-likeness (QED) is 0.690. The molecule has 1 saturated heterocycles. The molecule has 0 aliphatic carbocycles. The molecule has 2 aliphatic rings. The molecule has 1 aromatic carbocycles. The first-order valence-electron chi connectivity index (χ1n) is 6.08. The average Bonchev–Trinajstić information content (AvgIpc) is 2.85. The number of para-hydroxylation sites is 2. The highest BCUT2D eigenvalue weighted by Crippen LogP contribution is 2.35. The standard InChI is InChI=1S/C13H13N3O/c1-2-6-11-10(5-1)14-12-13(15-11)17-8-9-4-3-7-16(9)12/h1-2,5-6,9H,3-4,7-8H2. The molecule has 0 N–H and O–H groups in total. The van der Waals surface area contributed by atoms with Crippen LogP contribution >= 0.6 is 0 Å². The van der Waals surface area contributed by atoms with Crippen LogP contribution in [0.1, 0.15) is 12.8 Å². The van der Waals surface area contributed by atoms with E-state index in [-0.39, 0.29) is 0 Å². The maximum Gasteiger partial charge on any atom is 0.258 e. The van der Waals surface area contributed by atoms with Crippen molar-refractivity contribution in [2.45, 2.75) is 18.9 Å². The van der Waals surface area contributed by atoms with E-state index in [1.807, 2.05) is 24.3 Å². The zero-order chi connectivity index (χ0) is 11.2. The van der Waals surface area contributed by atoms with Crippen molar-refractivity contribution in [3.05, 3.63) is 24.3 Å². The number of nitrogens with zero attached hydrogens (tertiary/aromatic N) is 3. The third-order valence-corrected chi connectivity index (χ3v) is 3.58. The van der Waals surface area contributed by atoms with Gasteiger partial charge in [-0.3, -0.25) is 0 Å². The van der Waals surface area contributed by atoms with Crippen LogP contribution in [0.4, 0.5) is 5.82 Å². The first-order chi connectivity index (χ1) is 8.42. The molecule has 4 heteroatoms. The van der Waals surface area contributed by atoms with E-state index in [2.05, 4.69) is 9.88 Å². The maximum atomic E-state index is 5.73. The number of rotatable bonds is 0. The summed E-state index contributed by atoms with van der Waals surface area (Å²) in [4.78, 5) is 11.6. The van der Waals surface area contributed by atoms with Gasteiger partial charge in [0.2, 0.25) is 0 Å². The van der Waals surface area contributed by atoms with Gasteiger partial charge < -0.3 is 9.64 Å². The van der Waals surface area contributed by atoms with E-state index in [9.17, 15) is 0 Å². The topological polar surface area (TPSA) is 38.3 Å². The summed E-state index contributed by atoms with van der Waals surface area (Å²) in [5.41, 5.74) is 1.85. The van der Waals surface area contributed by atoms with Crippen molar-refractivity contribution in [2.75, 3.05) is 18.1 Å². The monoisotopic (exact) mass is 227 g/mol. The van der Waals surface area contributed by atoms with Gasteiger partial charge in [-0.05, 0) is 25.0 Å². The smallest absolute Gasteiger partial charge is 0.258 e. The molecule has 3 heterocycles. The lowest BCUT2D eigenvalue weighted by Crippen LogP contribution is -2.39. The second kappa shape index (κ2) is 3.32. The highest BCUT2D eigenvalue weighted by Gasteiger charge is 2.33. The van der Waals surface area contributed by atoms with Gasteiger partial charge in [0.25, 0.3) is 5.88 Å². The Balaban J connectivity index is 1.93. The lowest BCUT2D eigenvalue weighted by Gasteiger charge is -2.31. The second-order valence-electron chi connectivity index (χ2n) is 4.64. The molecular weight excluding hydrogens is 214 g/mol. The third-order valence-electron chi connectivity index (χ3n) is 3.58. The minimum absolute atomic E-state index is 0.498. The number of fused-ring (bicyclic) bond motifs is 4. The number of ether oxygens (including phenoxy) is 1. The summed E-state index contributed by atoms with van der Waals surface area (Å²) < 4.78 is 5.73. The SMILES string of the molecule is c1ccc2nc3c(nc2c1)OCC1CCCN31. The van der Waals surface area contributed by atoms with E-state index in [0.29, 0.717) is 11.9 Å². The Morgan fingerprint density at radius 2 is 2.00 bits per heavy atom. The fourth-order valence-corrected chi connectivity index (χ4v) is 2.72. The van der Waals surface area contributed by atoms with Crippen molar-refractivity contribution in [3.8, 4) is 5.88 Å². The molecule has 4 rings (SSSR count). The molecule has 0 amide bonds. The summed E-state index contributed by atoms with van der Waals surface area (Å²) in [7, 11) is 0. The first-order valence-corrected chi connectivity index (χ1v) is 6.08. The summed E-state index contributed by atoms with van der Waals surface area (Å²) in [6.07, 6.45) is 2.43. The predicted molar refractivity (Wildman–Crippen MR) is 65.4 cm³/mol. The van der Waals surface area contributed by atoms with Gasteiger partial charge in [0.1, 0.15) is 6.61 Å². The van der Waals surface area contributed by atoms with E-state index >= 15 is 0 Å². The average molecular weight is 227 g/mol. The lowest BCUT2D eigenvalue weighted by molar-refractivity contribution is 0.260. The zero-order valence-electron chi connectivity index (χ0n) is 9.47. The third kappa shape index (κ3) is 1.30. The molecule has 0 radical (unpaired) electrons. The first kappa shape index (κ1) is 9.22. The van der Waals surface area contributed by atoms with Crippen LogP contribution in [0.2, 0.25) is 0 Å². The highest BCUT2D eigenvalue weighted by atomic mass is 16.5. The van der Waals surface area contributed by atoms with Crippen LogP contribution in [0, 0.1) is 0 Å². The largest absolute Gasteiger partial charge is 0.473 e. The molecule has 1 fully saturated rings. The Kier molecular flexibility index (Phi) is 1.80. The summed E-state index contributed by atoms with van der Waals surface area (Å²) in [5.74, 6) is 1.62. The van der Waals surface area contributed by atoms with Crippen LogP contribution in [-0.4, -0.2) is 29.2 Å². The number of aromatic nitrogens is 2. The molecule has 2 aliphatic heterocycles. The summed E-state index contributed by atoms with van der Waals surface area (Å²) in [6, 6.07) is 8.45. The summed E-state index contributed by atoms with van der Waals surface area (Å²) >= 11 is 0. The Labute approximate surface area is 99.2 Å². The molecule has 1 unspecified atom stereocenters. The van der Waals surface area contributed by atoms with Crippen molar-refractivity contribution in [3.63, 3.8) is 0 Å². The molecule has 2 aromatic rings. The van der Waals surface area contributed by atoms with E-state index in [1.54, 1.807) is 0 Å². The molecule has 1 atom stereocenters. The van der Waals surface area contributed by atoms with Crippen LogP contribution in [0.25, 0.3) is 11.0 Å². The Hall–Kier alpha value is -1.84. The van der Waals surface area contributed by atoms with E-state index in [0.717, 1.165) is 30.0 Å². The van der Waals surface area contributed by atoms with E-state index in [4.69, 9.17) is 9.72 Å². The van der Waals surface area contributed by atoms with Gasteiger partial charge in [-0.25, -0.2) is 9.97 Å². The fourth-order valence-electron chi connectivity index (χ4n) is 2.72. The van der Waals surface area contributed by atoms with Crippen molar-refractivity contribution in [1.82, 2.24) is 9.97 Å². The lowest BCUT2D eigenvalue weighted by atomic mass is 10.2. The van der Waals surface area contributed by atoms with Gasteiger partial charge in [-0.15, -0.1) is 0 Å². The minimum atomic E-state index is 0.498. The van der Waals surface area contributed by atoms with Crippen LogP contribution in [0.3, 0.4) is 0 Å². The summed E-state index contributed by atoms with van der Waals surface area (Å²) in [5, 5.41) is 0. The maximum absolute atomic E-state index is 5.73.